The number of aryl methyl sites for hydroxylation is 1. The van der Waals surface area contributed by atoms with Crippen molar-refractivity contribution in [3.8, 4) is 0 Å². The van der Waals surface area contributed by atoms with Gasteiger partial charge >= 0.3 is 5.97 Å². The summed E-state index contributed by atoms with van der Waals surface area (Å²) < 4.78 is 22.7. The molecule has 1 aromatic rings. The number of amides is 1. The molecule has 0 unspecified atom stereocenters. The quantitative estimate of drug-likeness (QED) is 0.828. The molecule has 0 radical (unpaired) electrons. The van der Waals surface area contributed by atoms with Crippen LogP contribution in [0.2, 0.25) is 0 Å². The number of likely N-dealkylation sites (tertiary alicyclic amines) is 1. The maximum absolute atomic E-state index is 12.2. The first-order valence-electron chi connectivity index (χ1n) is 5.85. The van der Waals surface area contributed by atoms with E-state index in [-0.39, 0.29) is 22.2 Å². The van der Waals surface area contributed by atoms with Gasteiger partial charge in [0.1, 0.15) is 0 Å². The Hall–Kier alpha value is -1.45. The summed E-state index contributed by atoms with van der Waals surface area (Å²) in [5.41, 5.74) is 0. The molecule has 9 heteroatoms. The largest absolute Gasteiger partial charge is 0.481 e. The maximum atomic E-state index is 12.2. The topological polar surface area (TPSA) is 118 Å². The van der Waals surface area contributed by atoms with E-state index in [9.17, 15) is 18.0 Å². The summed E-state index contributed by atoms with van der Waals surface area (Å²) in [5, 5.41) is 14.0. The molecule has 7 nitrogen and oxygen atoms in total. The van der Waals surface area contributed by atoms with Crippen molar-refractivity contribution in [3.05, 3.63) is 15.8 Å². The molecule has 1 amide bonds. The Bertz CT molecular complexity index is 664. The highest BCUT2D eigenvalue weighted by Gasteiger charge is 2.32. The SMILES string of the molecule is Cc1sc(C(=O)N2CC[C@H](C(=O)O)C2)cc1S(N)(=O)=O. The number of aliphatic carboxylic acids is 1. The fourth-order valence-corrected chi connectivity index (χ4v) is 4.27. The second-order valence-corrected chi connectivity index (χ2v) is 7.44. The molecule has 3 N–H and O–H groups in total. The zero-order valence-electron chi connectivity index (χ0n) is 10.7. The molecule has 1 fully saturated rings. The number of carbonyl (C=O) groups excluding carboxylic acids is 1. The molecule has 20 heavy (non-hydrogen) atoms. The lowest BCUT2D eigenvalue weighted by molar-refractivity contribution is -0.141. The van der Waals surface area contributed by atoms with Gasteiger partial charge in [-0.25, -0.2) is 13.6 Å². The van der Waals surface area contributed by atoms with Crippen LogP contribution in [-0.2, 0) is 14.8 Å². The number of rotatable bonds is 3. The molecule has 2 rings (SSSR count). The minimum Gasteiger partial charge on any atom is -0.481 e. The van der Waals surface area contributed by atoms with Crippen LogP contribution in [0.15, 0.2) is 11.0 Å². The minimum atomic E-state index is -3.85. The van der Waals surface area contributed by atoms with Crippen molar-refractivity contribution in [2.45, 2.75) is 18.2 Å². The molecule has 0 aliphatic carbocycles. The van der Waals surface area contributed by atoms with Crippen molar-refractivity contribution in [3.63, 3.8) is 0 Å². The number of carbonyl (C=O) groups is 2. The van der Waals surface area contributed by atoms with Crippen LogP contribution in [0.5, 0.6) is 0 Å². The number of primary sulfonamides is 1. The Balaban J connectivity index is 2.21. The van der Waals surface area contributed by atoms with Crippen molar-refractivity contribution < 1.29 is 23.1 Å². The average Bonchev–Trinajstić information content (AvgIpc) is 2.93. The van der Waals surface area contributed by atoms with Crippen molar-refractivity contribution in [2.75, 3.05) is 13.1 Å². The summed E-state index contributed by atoms with van der Waals surface area (Å²) in [4.78, 5) is 25.2. The van der Waals surface area contributed by atoms with E-state index in [1.807, 2.05) is 0 Å². The molecule has 2 heterocycles. The Morgan fingerprint density at radius 2 is 2.15 bits per heavy atom. The van der Waals surface area contributed by atoms with Crippen molar-refractivity contribution in [1.29, 1.82) is 0 Å². The first kappa shape index (κ1) is 14.9. The van der Waals surface area contributed by atoms with Gasteiger partial charge < -0.3 is 10.0 Å². The normalized spacial score (nSPS) is 19.3. The van der Waals surface area contributed by atoms with Crippen molar-refractivity contribution in [2.24, 2.45) is 11.1 Å². The van der Waals surface area contributed by atoms with E-state index in [1.54, 1.807) is 6.92 Å². The summed E-state index contributed by atoms with van der Waals surface area (Å²) in [6, 6.07) is 1.26. The van der Waals surface area contributed by atoms with E-state index >= 15 is 0 Å². The van der Waals surface area contributed by atoms with Crippen molar-refractivity contribution >= 4 is 33.2 Å². The van der Waals surface area contributed by atoms with Gasteiger partial charge in [-0.2, -0.15) is 0 Å². The highest BCUT2D eigenvalue weighted by molar-refractivity contribution is 7.89. The van der Waals surface area contributed by atoms with Gasteiger partial charge in [-0.05, 0) is 19.4 Å². The molecule has 1 aliphatic rings. The van der Waals surface area contributed by atoms with E-state index in [1.165, 1.54) is 11.0 Å². The summed E-state index contributed by atoms with van der Waals surface area (Å²) in [5.74, 6) is -1.83. The number of nitrogens with zero attached hydrogens (tertiary/aromatic N) is 1. The van der Waals surface area contributed by atoms with Crippen LogP contribution in [-0.4, -0.2) is 43.4 Å². The predicted octanol–water partition coefficient (Wildman–Crippen LogP) is 0.251. The molecule has 0 spiro atoms. The Kier molecular flexibility index (Phi) is 3.85. The molecule has 1 saturated heterocycles. The fourth-order valence-electron chi connectivity index (χ4n) is 2.16. The molecule has 1 aliphatic heterocycles. The van der Waals surface area contributed by atoms with E-state index in [4.69, 9.17) is 10.2 Å². The van der Waals surface area contributed by atoms with Crippen LogP contribution >= 0.6 is 11.3 Å². The number of nitrogens with two attached hydrogens (primary N) is 1. The second-order valence-electron chi connectivity index (χ2n) is 4.65. The Morgan fingerprint density at radius 1 is 1.50 bits per heavy atom. The molecule has 0 aromatic carbocycles. The van der Waals surface area contributed by atoms with Gasteiger partial charge in [0.15, 0.2) is 0 Å². The molecule has 0 bridgehead atoms. The standard InChI is InChI=1S/C11H14N2O5S2/c1-6-9(20(12,17)18)4-8(19-6)10(14)13-3-2-7(5-13)11(15)16/h4,7H,2-3,5H2,1H3,(H,15,16)(H2,12,17,18)/t7-/m0/s1. The molecular weight excluding hydrogens is 304 g/mol. The van der Waals surface area contributed by atoms with E-state index in [2.05, 4.69) is 0 Å². The number of carboxylic acid groups (broad SMARTS) is 1. The van der Waals surface area contributed by atoms with Gasteiger partial charge in [0.2, 0.25) is 10.0 Å². The minimum absolute atomic E-state index is 0.0557. The summed E-state index contributed by atoms with van der Waals surface area (Å²) >= 11 is 1.05. The van der Waals surface area contributed by atoms with Gasteiger partial charge in [-0.15, -0.1) is 11.3 Å². The Labute approximate surface area is 120 Å². The monoisotopic (exact) mass is 318 g/mol. The lowest BCUT2D eigenvalue weighted by Crippen LogP contribution is -2.29. The highest BCUT2D eigenvalue weighted by Crippen LogP contribution is 2.27. The number of sulfonamides is 1. The lowest BCUT2D eigenvalue weighted by Gasteiger charge is -2.14. The third-order valence-electron chi connectivity index (χ3n) is 3.21. The number of thiophene rings is 1. The van der Waals surface area contributed by atoms with Gasteiger partial charge in [0, 0.05) is 18.0 Å². The first-order chi connectivity index (χ1) is 9.20. The highest BCUT2D eigenvalue weighted by atomic mass is 32.2. The molecule has 0 saturated carbocycles. The number of carboxylic acids is 1. The van der Waals surface area contributed by atoms with Gasteiger partial charge in [-0.1, -0.05) is 0 Å². The van der Waals surface area contributed by atoms with E-state index in [0.717, 1.165) is 11.3 Å². The van der Waals surface area contributed by atoms with Crippen LogP contribution in [0.25, 0.3) is 0 Å². The lowest BCUT2D eigenvalue weighted by atomic mass is 10.1. The third kappa shape index (κ3) is 2.84. The summed E-state index contributed by atoms with van der Waals surface area (Å²) in [6.45, 7) is 2.08. The fraction of sp³-hybridized carbons (Fsp3) is 0.455. The molecule has 1 aromatic heterocycles. The van der Waals surface area contributed by atoms with Gasteiger partial charge in [0.25, 0.3) is 5.91 Å². The zero-order valence-corrected chi connectivity index (χ0v) is 12.3. The molecule has 1 atom stereocenters. The van der Waals surface area contributed by atoms with Crippen molar-refractivity contribution in [1.82, 2.24) is 4.90 Å². The van der Waals surface area contributed by atoms with E-state index < -0.39 is 21.9 Å². The molecule has 110 valence electrons. The second kappa shape index (κ2) is 5.15. The third-order valence-corrected chi connectivity index (χ3v) is 5.42. The summed E-state index contributed by atoms with van der Waals surface area (Å²) in [6.07, 6.45) is 0.410. The van der Waals surface area contributed by atoms with Crippen LogP contribution in [0, 0.1) is 12.8 Å². The number of hydrogen-bond donors (Lipinski definition) is 2. The van der Waals surface area contributed by atoms with Crippen LogP contribution in [0.3, 0.4) is 0 Å². The zero-order chi connectivity index (χ0) is 15.1. The molecular formula is C11H14N2O5S2. The first-order valence-corrected chi connectivity index (χ1v) is 8.21. The van der Waals surface area contributed by atoms with Gasteiger partial charge in [-0.3, -0.25) is 9.59 Å². The van der Waals surface area contributed by atoms with E-state index in [0.29, 0.717) is 17.8 Å². The van der Waals surface area contributed by atoms with Crippen LogP contribution in [0.4, 0.5) is 0 Å². The van der Waals surface area contributed by atoms with Crippen LogP contribution < -0.4 is 5.14 Å². The van der Waals surface area contributed by atoms with Gasteiger partial charge in [0.05, 0.1) is 15.7 Å². The number of hydrogen-bond acceptors (Lipinski definition) is 5. The summed E-state index contributed by atoms with van der Waals surface area (Å²) in [7, 11) is -3.85. The maximum Gasteiger partial charge on any atom is 0.308 e. The predicted molar refractivity (Wildman–Crippen MR) is 72.1 cm³/mol. The van der Waals surface area contributed by atoms with Crippen LogP contribution in [0.1, 0.15) is 21.0 Å². The Morgan fingerprint density at radius 3 is 2.60 bits per heavy atom. The average molecular weight is 318 g/mol. The smallest absolute Gasteiger partial charge is 0.308 e.